The molecule has 2 rings (SSSR count). The lowest BCUT2D eigenvalue weighted by Gasteiger charge is -2.42. The summed E-state index contributed by atoms with van der Waals surface area (Å²) in [5.74, 6) is -1.03. The van der Waals surface area contributed by atoms with Gasteiger partial charge in [-0.25, -0.2) is 4.39 Å². The van der Waals surface area contributed by atoms with Gasteiger partial charge in [0, 0.05) is 18.6 Å². The van der Waals surface area contributed by atoms with Gasteiger partial charge >= 0.3 is 5.97 Å². The first kappa shape index (κ1) is 16.4. The Morgan fingerprint density at radius 1 is 1.52 bits per heavy atom. The maximum Gasteiger partial charge on any atom is 0.317 e. The number of rotatable bonds is 7. The molecule has 1 saturated carbocycles. The fraction of sp³-hybridized carbons (Fsp3) is 0.533. The van der Waals surface area contributed by atoms with E-state index in [0.29, 0.717) is 23.1 Å². The van der Waals surface area contributed by atoms with Gasteiger partial charge in [-0.1, -0.05) is 13.0 Å². The lowest BCUT2D eigenvalue weighted by molar-refractivity contribution is -0.139. The summed E-state index contributed by atoms with van der Waals surface area (Å²) < 4.78 is 13.9. The minimum Gasteiger partial charge on any atom is -0.480 e. The number of hydrogen-bond acceptors (Lipinski definition) is 3. The normalized spacial score (nSPS) is 21.3. The molecule has 0 unspecified atom stereocenters. The molecule has 0 aromatic heterocycles. The summed E-state index contributed by atoms with van der Waals surface area (Å²) in [6.07, 6.45) is 1.89. The maximum atomic E-state index is 13.4. The van der Waals surface area contributed by atoms with E-state index in [0.717, 1.165) is 24.9 Å². The van der Waals surface area contributed by atoms with Gasteiger partial charge in [-0.15, -0.1) is 0 Å². The molecule has 116 valence electrons. The average Bonchev–Trinajstić information content (AvgIpc) is 2.39. The predicted octanol–water partition coefficient (Wildman–Crippen LogP) is 2.62. The molecule has 0 radical (unpaired) electrons. The van der Waals surface area contributed by atoms with Gasteiger partial charge in [0.2, 0.25) is 0 Å². The van der Waals surface area contributed by atoms with Crippen molar-refractivity contribution in [3.8, 4) is 0 Å². The van der Waals surface area contributed by atoms with E-state index in [2.05, 4.69) is 21.2 Å². The Kier molecular flexibility index (Phi) is 5.72. The van der Waals surface area contributed by atoms with Crippen LogP contribution in [-0.4, -0.2) is 41.1 Å². The van der Waals surface area contributed by atoms with Crippen molar-refractivity contribution in [1.82, 2.24) is 10.2 Å². The van der Waals surface area contributed by atoms with E-state index in [1.165, 1.54) is 6.07 Å². The molecule has 21 heavy (non-hydrogen) atoms. The minimum absolute atomic E-state index is 0.103. The SMILES string of the molecule is CCN(CC(=O)O)C1CC(NCc2ccc(Br)c(F)c2)C1. The van der Waals surface area contributed by atoms with Crippen LogP contribution in [0.4, 0.5) is 4.39 Å². The second-order valence-electron chi connectivity index (χ2n) is 5.41. The zero-order chi connectivity index (χ0) is 15.4. The molecular formula is C15H20BrFN2O2. The van der Waals surface area contributed by atoms with Crippen LogP contribution < -0.4 is 5.32 Å². The molecule has 0 atom stereocenters. The fourth-order valence-corrected chi connectivity index (χ4v) is 2.88. The van der Waals surface area contributed by atoms with E-state index >= 15 is 0 Å². The standard InChI is InChI=1S/C15H20BrFN2O2/c1-2-19(9-15(20)21)12-6-11(7-12)18-8-10-3-4-13(16)14(17)5-10/h3-5,11-12,18H,2,6-9H2,1H3,(H,20,21). The van der Waals surface area contributed by atoms with E-state index in [1.807, 2.05) is 17.9 Å². The summed E-state index contributed by atoms with van der Waals surface area (Å²) in [5.41, 5.74) is 0.914. The first-order valence-electron chi connectivity index (χ1n) is 7.12. The number of carboxylic acids is 1. The van der Waals surface area contributed by atoms with Gasteiger partial charge in [-0.05, 0) is 53.0 Å². The third-order valence-corrected chi connectivity index (χ3v) is 4.60. The van der Waals surface area contributed by atoms with Crippen molar-refractivity contribution in [2.24, 2.45) is 0 Å². The maximum absolute atomic E-state index is 13.4. The molecule has 0 bridgehead atoms. The molecule has 0 aliphatic heterocycles. The summed E-state index contributed by atoms with van der Waals surface area (Å²) in [6.45, 7) is 3.47. The Morgan fingerprint density at radius 2 is 2.24 bits per heavy atom. The number of halogens is 2. The molecule has 1 aromatic rings. The van der Waals surface area contributed by atoms with Crippen molar-refractivity contribution in [2.45, 2.75) is 38.4 Å². The van der Waals surface area contributed by atoms with Crippen molar-refractivity contribution < 1.29 is 14.3 Å². The highest BCUT2D eigenvalue weighted by molar-refractivity contribution is 9.10. The number of nitrogens with one attached hydrogen (secondary N) is 1. The van der Waals surface area contributed by atoms with Crippen LogP contribution in [0.5, 0.6) is 0 Å². The molecule has 4 nitrogen and oxygen atoms in total. The molecule has 6 heteroatoms. The van der Waals surface area contributed by atoms with Crippen molar-refractivity contribution in [2.75, 3.05) is 13.1 Å². The van der Waals surface area contributed by atoms with Gasteiger partial charge < -0.3 is 10.4 Å². The lowest BCUT2D eigenvalue weighted by atomic mass is 9.85. The summed E-state index contributed by atoms with van der Waals surface area (Å²) in [5, 5.41) is 12.2. The van der Waals surface area contributed by atoms with Crippen molar-refractivity contribution >= 4 is 21.9 Å². The zero-order valence-corrected chi connectivity index (χ0v) is 13.6. The molecule has 1 aliphatic rings. The van der Waals surface area contributed by atoms with Crippen molar-refractivity contribution in [3.05, 3.63) is 34.1 Å². The van der Waals surface area contributed by atoms with Crippen molar-refractivity contribution in [3.63, 3.8) is 0 Å². The highest BCUT2D eigenvalue weighted by Crippen LogP contribution is 2.26. The van der Waals surface area contributed by atoms with Crippen LogP contribution in [-0.2, 0) is 11.3 Å². The van der Waals surface area contributed by atoms with Crippen LogP contribution in [0.3, 0.4) is 0 Å². The highest BCUT2D eigenvalue weighted by Gasteiger charge is 2.33. The molecule has 0 amide bonds. The van der Waals surface area contributed by atoms with Gasteiger partial charge in [0.1, 0.15) is 5.82 Å². The average molecular weight is 359 g/mol. The summed E-state index contributed by atoms with van der Waals surface area (Å²) in [6, 6.07) is 5.84. The Hall–Kier alpha value is -0.980. The van der Waals surface area contributed by atoms with Crippen LogP contribution >= 0.6 is 15.9 Å². The lowest BCUT2D eigenvalue weighted by Crippen LogP contribution is -2.53. The number of likely N-dealkylation sites (N-methyl/N-ethyl adjacent to an activating group) is 1. The molecule has 1 aliphatic carbocycles. The van der Waals surface area contributed by atoms with E-state index in [9.17, 15) is 9.18 Å². The first-order chi connectivity index (χ1) is 9.99. The van der Waals surface area contributed by atoms with Gasteiger partial charge in [0.25, 0.3) is 0 Å². The smallest absolute Gasteiger partial charge is 0.317 e. The third-order valence-electron chi connectivity index (χ3n) is 3.95. The summed E-state index contributed by atoms with van der Waals surface area (Å²) >= 11 is 3.14. The predicted molar refractivity (Wildman–Crippen MR) is 82.6 cm³/mol. The monoisotopic (exact) mass is 358 g/mol. The van der Waals surface area contributed by atoms with E-state index in [-0.39, 0.29) is 12.4 Å². The minimum atomic E-state index is -0.779. The summed E-state index contributed by atoms with van der Waals surface area (Å²) in [7, 11) is 0. The molecule has 1 aromatic carbocycles. The molecular weight excluding hydrogens is 339 g/mol. The molecule has 0 heterocycles. The van der Waals surface area contributed by atoms with Crippen LogP contribution in [0.25, 0.3) is 0 Å². The first-order valence-corrected chi connectivity index (χ1v) is 7.92. The van der Waals surface area contributed by atoms with Gasteiger partial charge in [-0.2, -0.15) is 0 Å². The molecule has 0 saturated heterocycles. The van der Waals surface area contributed by atoms with Crippen LogP contribution in [0.15, 0.2) is 22.7 Å². The second kappa shape index (κ2) is 7.33. The number of hydrogen-bond donors (Lipinski definition) is 2. The quantitative estimate of drug-likeness (QED) is 0.786. The Labute approximate surface area is 132 Å². The number of carbonyl (C=O) groups is 1. The van der Waals surface area contributed by atoms with Gasteiger partial charge in [-0.3, -0.25) is 9.69 Å². The Morgan fingerprint density at radius 3 is 2.81 bits per heavy atom. The fourth-order valence-electron chi connectivity index (χ4n) is 2.64. The molecule has 1 fully saturated rings. The topological polar surface area (TPSA) is 52.6 Å². The number of carboxylic acid groups (broad SMARTS) is 1. The van der Waals surface area contributed by atoms with Crippen LogP contribution in [0, 0.1) is 5.82 Å². The van der Waals surface area contributed by atoms with Crippen LogP contribution in [0.2, 0.25) is 0 Å². The molecule has 2 N–H and O–H groups in total. The van der Waals surface area contributed by atoms with E-state index < -0.39 is 5.97 Å². The Balaban J connectivity index is 1.75. The number of benzene rings is 1. The highest BCUT2D eigenvalue weighted by atomic mass is 79.9. The van der Waals surface area contributed by atoms with Gasteiger partial charge in [0.15, 0.2) is 0 Å². The number of aliphatic carboxylic acids is 1. The third kappa shape index (κ3) is 4.49. The summed E-state index contributed by atoms with van der Waals surface area (Å²) in [4.78, 5) is 12.8. The zero-order valence-electron chi connectivity index (χ0n) is 12.0. The van der Waals surface area contributed by atoms with Gasteiger partial charge in [0.05, 0.1) is 11.0 Å². The second-order valence-corrected chi connectivity index (χ2v) is 6.26. The van der Waals surface area contributed by atoms with E-state index in [4.69, 9.17) is 5.11 Å². The molecule has 0 spiro atoms. The van der Waals surface area contributed by atoms with E-state index in [1.54, 1.807) is 6.07 Å². The largest absolute Gasteiger partial charge is 0.480 e. The number of nitrogens with zero attached hydrogens (tertiary/aromatic N) is 1. The Bertz CT molecular complexity index is 506. The van der Waals surface area contributed by atoms with Crippen molar-refractivity contribution in [1.29, 1.82) is 0 Å². The van der Waals surface area contributed by atoms with Crippen LogP contribution in [0.1, 0.15) is 25.3 Å².